The van der Waals surface area contributed by atoms with E-state index < -0.39 is 23.8 Å². The van der Waals surface area contributed by atoms with Crippen molar-refractivity contribution < 1.29 is 29.0 Å². The molecule has 6 heteroatoms. The summed E-state index contributed by atoms with van der Waals surface area (Å²) < 4.78 is 9.98. The lowest BCUT2D eigenvalue weighted by Crippen LogP contribution is -2.41. The fourth-order valence-corrected chi connectivity index (χ4v) is 2.40. The fourth-order valence-electron chi connectivity index (χ4n) is 2.40. The van der Waals surface area contributed by atoms with Crippen LogP contribution >= 0.6 is 0 Å². The molecule has 0 N–H and O–H groups in total. The molecule has 0 aromatic heterocycles. The van der Waals surface area contributed by atoms with Gasteiger partial charge in [0, 0.05) is 11.9 Å². The van der Waals surface area contributed by atoms with Crippen molar-refractivity contribution in [2.75, 3.05) is 13.2 Å². The van der Waals surface area contributed by atoms with Crippen molar-refractivity contribution in [3.05, 3.63) is 0 Å². The van der Waals surface area contributed by atoms with Crippen LogP contribution in [0.2, 0.25) is 0 Å². The van der Waals surface area contributed by atoms with E-state index in [0.717, 1.165) is 12.8 Å². The Labute approximate surface area is 124 Å². The van der Waals surface area contributed by atoms with Crippen molar-refractivity contribution in [1.82, 2.24) is 0 Å². The van der Waals surface area contributed by atoms with E-state index in [4.69, 9.17) is 9.47 Å². The largest absolute Gasteiger partial charge is 0.550 e. The van der Waals surface area contributed by atoms with Crippen LogP contribution in [-0.2, 0) is 23.9 Å². The first-order valence-electron chi connectivity index (χ1n) is 7.51. The van der Waals surface area contributed by atoms with Gasteiger partial charge in [-0.05, 0) is 19.3 Å². The van der Waals surface area contributed by atoms with E-state index in [1.165, 1.54) is 0 Å². The molecule has 0 radical (unpaired) electrons. The maximum Gasteiger partial charge on any atom is 0.309 e. The van der Waals surface area contributed by atoms with Crippen molar-refractivity contribution in [2.24, 2.45) is 17.8 Å². The second-order valence-corrected chi connectivity index (χ2v) is 5.46. The first kappa shape index (κ1) is 17.5. The molecule has 0 spiro atoms. The summed E-state index contributed by atoms with van der Waals surface area (Å²) in [7, 11) is 0. The van der Waals surface area contributed by atoms with E-state index in [9.17, 15) is 19.5 Å². The minimum absolute atomic E-state index is 0.00236. The van der Waals surface area contributed by atoms with Gasteiger partial charge in [0.1, 0.15) is 13.2 Å². The number of hydrogen-bond acceptors (Lipinski definition) is 6. The summed E-state index contributed by atoms with van der Waals surface area (Å²) in [5.41, 5.74) is 0. The van der Waals surface area contributed by atoms with Crippen LogP contribution in [0.3, 0.4) is 0 Å². The molecule has 0 aliphatic heterocycles. The highest BCUT2D eigenvalue weighted by Gasteiger charge is 2.32. The Balaban J connectivity index is 2.32. The molecule has 0 aromatic carbocycles. The lowest BCUT2D eigenvalue weighted by molar-refractivity contribution is -0.314. The van der Waals surface area contributed by atoms with Crippen molar-refractivity contribution in [3.63, 3.8) is 0 Å². The van der Waals surface area contributed by atoms with Gasteiger partial charge in [-0.25, -0.2) is 0 Å². The first-order chi connectivity index (χ1) is 9.97. The highest BCUT2D eigenvalue weighted by atomic mass is 16.6. The summed E-state index contributed by atoms with van der Waals surface area (Å²) in [5.74, 6) is -3.65. The molecule has 1 aliphatic carbocycles. The third-order valence-corrected chi connectivity index (χ3v) is 3.96. The highest BCUT2D eigenvalue weighted by molar-refractivity contribution is 5.80. The molecule has 3 atom stereocenters. The van der Waals surface area contributed by atoms with Crippen LogP contribution in [0, 0.1) is 17.8 Å². The molecule has 0 heterocycles. The van der Waals surface area contributed by atoms with Gasteiger partial charge in [-0.3, -0.25) is 9.59 Å². The average Bonchev–Trinajstić information content (AvgIpc) is 2.50. The number of carbonyl (C=O) groups is 3. The second-order valence-electron chi connectivity index (χ2n) is 5.46. The van der Waals surface area contributed by atoms with Crippen LogP contribution in [0.15, 0.2) is 0 Å². The monoisotopic (exact) mass is 299 g/mol. The van der Waals surface area contributed by atoms with E-state index in [1.54, 1.807) is 6.92 Å². The third-order valence-electron chi connectivity index (χ3n) is 3.96. The molecular formula is C15H23O6-. The Morgan fingerprint density at radius 2 is 1.67 bits per heavy atom. The molecule has 3 unspecified atom stereocenters. The molecule has 6 nitrogen and oxygen atoms in total. The SMILES string of the molecule is CCC(C)C(=O)OCCOC(=O)C1CCCCC1C(=O)[O-]. The van der Waals surface area contributed by atoms with Crippen LogP contribution in [0.5, 0.6) is 0 Å². The molecule has 120 valence electrons. The lowest BCUT2D eigenvalue weighted by atomic mass is 9.79. The summed E-state index contributed by atoms with van der Waals surface area (Å²) in [6.07, 6.45) is 3.24. The standard InChI is InChI=1S/C15H24O6/c1-3-10(2)14(18)20-8-9-21-15(19)12-7-5-4-6-11(12)13(16)17/h10-12H,3-9H2,1-2H3,(H,16,17)/p-1. The molecule has 21 heavy (non-hydrogen) atoms. The number of hydrogen-bond donors (Lipinski definition) is 0. The molecule has 1 fully saturated rings. The van der Waals surface area contributed by atoms with Crippen molar-refractivity contribution in [1.29, 1.82) is 0 Å². The zero-order valence-corrected chi connectivity index (χ0v) is 12.6. The van der Waals surface area contributed by atoms with Gasteiger partial charge in [0.25, 0.3) is 0 Å². The molecule has 0 aromatic rings. The van der Waals surface area contributed by atoms with E-state index in [2.05, 4.69) is 0 Å². The highest BCUT2D eigenvalue weighted by Crippen LogP contribution is 2.30. The number of carbonyl (C=O) groups excluding carboxylic acids is 3. The smallest absolute Gasteiger partial charge is 0.309 e. The van der Waals surface area contributed by atoms with Crippen LogP contribution in [0.25, 0.3) is 0 Å². The third kappa shape index (κ3) is 5.36. The van der Waals surface area contributed by atoms with Crippen LogP contribution in [0.1, 0.15) is 46.0 Å². The van der Waals surface area contributed by atoms with Gasteiger partial charge >= 0.3 is 11.9 Å². The van der Waals surface area contributed by atoms with E-state index >= 15 is 0 Å². The molecule has 0 bridgehead atoms. The minimum Gasteiger partial charge on any atom is -0.550 e. The van der Waals surface area contributed by atoms with Gasteiger partial charge in [-0.1, -0.05) is 26.7 Å². The number of rotatable bonds is 7. The molecule has 0 amide bonds. The van der Waals surface area contributed by atoms with Gasteiger partial charge in [-0.2, -0.15) is 0 Å². The molecular weight excluding hydrogens is 276 g/mol. The molecule has 1 aliphatic rings. The van der Waals surface area contributed by atoms with Gasteiger partial charge in [0.15, 0.2) is 0 Å². The Morgan fingerprint density at radius 1 is 1.10 bits per heavy atom. The zero-order valence-electron chi connectivity index (χ0n) is 12.6. The second kappa shape index (κ2) is 8.64. The fraction of sp³-hybridized carbons (Fsp3) is 0.800. The normalized spacial score (nSPS) is 23.1. The number of esters is 2. The van der Waals surface area contributed by atoms with Crippen molar-refractivity contribution in [2.45, 2.75) is 46.0 Å². The van der Waals surface area contributed by atoms with E-state index in [0.29, 0.717) is 19.3 Å². The molecule has 1 rings (SSSR count). The zero-order chi connectivity index (χ0) is 15.8. The van der Waals surface area contributed by atoms with Crippen molar-refractivity contribution in [3.8, 4) is 0 Å². The number of aliphatic carboxylic acids is 1. The van der Waals surface area contributed by atoms with Crippen LogP contribution < -0.4 is 5.11 Å². The summed E-state index contributed by atoms with van der Waals surface area (Å²) in [6.45, 7) is 3.60. The maximum absolute atomic E-state index is 11.9. The summed E-state index contributed by atoms with van der Waals surface area (Å²) in [5, 5.41) is 11.0. The van der Waals surface area contributed by atoms with E-state index in [1.807, 2.05) is 6.92 Å². The van der Waals surface area contributed by atoms with Crippen LogP contribution in [-0.4, -0.2) is 31.1 Å². The average molecular weight is 299 g/mol. The molecule has 1 saturated carbocycles. The lowest BCUT2D eigenvalue weighted by Gasteiger charge is -2.30. The van der Waals surface area contributed by atoms with Gasteiger partial charge < -0.3 is 19.4 Å². The molecule has 0 saturated heterocycles. The number of carboxylic acids is 1. The minimum atomic E-state index is -1.19. The maximum atomic E-state index is 11.9. The Hall–Kier alpha value is -1.59. The quantitative estimate of drug-likeness (QED) is 0.507. The summed E-state index contributed by atoms with van der Waals surface area (Å²) >= 11 is 0. The Kier molecular flexibility index (Phi) is 7.19. The Morgan fingerprint density at radius 3 is 2.24 bits per heavy atom. The topological polar surface area (TPSA) is 92.7 Å². The van der Waals surface area contributed by atoms with E-state index in [-0.39, 0.29) is 25.1 Å². The predicted molar refractivity (Wildman–Crippen MR) is 71.8 cm³/mol. The van der Waals surface area contributed by atoms with Gasteiger partial charge in [0.2, 0.25) is 0 Å². The van der Waals surface area contributed by atoms with Gasteiger partial charge in [-0.15, -0.1) is 0 Å². The van der Waals surface area contributed by atoms with Crippen molar-refractivity contribution >= 4 is 17.9 Å². The summed E-state index contributed by atoms with van der Waals surface area (Å²) in [4.78, 5) is 34.3. The van der Waals surface area contributed by atoms with Gasteiger partial charge in [0.05, 0.1) is 11.8 Å². The Bertz CT molecular complexity index is 378. The summed E-state index contributed by atoms with van der Waals surface area (Å²) in [6, 6.07) is 0. The number of carboxylic acid groups (broad SMARTS) is 1. The number of ether oxygens (including phenoxy) is 2. The van der Waals surface area contributed by atoms with Crippen LogP contribution in [0.4, 0.5) is 0 Å². The predicted octanol–water partition coefficient (Wildman–Crippen LogP) is 0.675. The first-order valence-corrected chi connectivity index (χ1v) is 7.51.